The molecule has 4 rings (SSSR count). The molecule has 0 radical (unpaired) electrons. The van der Waals surface area contributed by atoms with Crippen molar-refractivity contribution in [1.29, 1.82) is 0 Å². The zero-order valence-corrected chi connectivity index (χ0v) is 19.9. The van der Waals surface area contributed by atoms with Gasteiger partial charge in [0, 0.05) is 25.0 Å². The average molecular weight is 507 g/mol. The number of amides is 1. The van der Waals surface area contributed by atoms with Crippen LogP contribution in [0, 0.1) is 5.92 Å². The summed E-state index contributed by atoms with van der Waals surface area (Å²) in [5.41, 5.74) is 0.426. The normalized spacial score (nSPS) is 17.4. The Balaban J connectivity index is 1.40. The minimum atomic E-state index is -3.82. The average Bonchev–Trinajstić information content (AvgIpc) is 3.36. The summed E-state index contributed by atoms with van der Waals surface area (Å²) < 4.78 is 54.6. The Kier molecular flexibility index (Phi) is 6.79. The number of carbonyl (C=O) groups excluding carboxylic acids is 1. The van der Waals surface area contributed by atoms with E-state index in [0.717, 1.165) is 11.3 Å². The number of aromatic nitrogens is 1. The van der Waals surface area contributed by atoms with Crippen molar-refractivity contribution in [2.75, 3.05) is 23.1 Å². The maximum absolute atomic E-state index is 12.8. The molecule has 12 heteroatoms. The maximum atomic E-state index is 12.8. The fourth-order valence-corrected chi connectivity index (χ4v) is 7.17. The summed E-state index contributed by atoms with van der Waals surface area (Å²) in [6.45, 7) is 0.479. The topological polar surface area (TPSA) is 126 Å². The lowest BCUT2D eigenvalue weighted by Gasteiger charge is -2.30. The number of nitrogens with one attached hydrogen (secondary N) is 2. The smallest absolute Gasteiger partial charge is 0.263 e. The van der Waals surface area contributed by atoms with Crippen molar-refractivity contribution in [2.45, 2.75) is 21.9 Å². The van der Waals surface area contributed by atoms with Crippen molar-refractivity contribution in [3.63, 3.8) is 0 Å². The number of benzene rings is 1. The first-order chi connectivity index (χ1) is 15.8. The van der Waals surface area contributed by atoms with Gasteiger partial charge in [-0.15, -0.1) is 11.3 Å². The summed E-state index contributed by atoms with van der Waals surface area (Å²) >= 11 is 1.15. The molecule has 1 atom stereocenters. The Morgan fingerprint density at radius 1 is 1.03 bits per heavy atom. The van der Waals surface area contributed by atoms with E-state index in [1.54, 1.807) is 29.6 Å². The van der Waals surface area contributed by atoms with Crippen molar-refractivity contribution >= 4 is 48.8 Å². The first-order valence-electron chi connectivity index (χ1n) is 10.1. The van der Waals surface area contributed by atoms with E-state index in [1.165, 1.54) is 40.8 Å². The zero-order valence-electron chi connectivity index (χ0n) is 17.4. The van der Waals surface area contributed by atoms with Gasteiger partial charge in [0.15, 0.2) is 0 Å². The zero-order chi connectivity index (χ0) is 23.5. The van der Waals surface area contributed by atoms with E-state index in [1.807, 2.05) is 0 Å². The summed E-state index contributed by atoms with van der Waals surface area (Å²) in [6, 6.07) is 13.9. The molecular weight excluding hydrogens is 484 g/mol. The second-order valence-electron chi connectivity index (χ2n) is 7.47. The monoisotopic (exact) mass is 506 g/mol. The van der Waals surface area contributed by atoms with Gasteiger partial charge in [0.05, 0.1) is 10.8 Å². The van der Waals surface area contributed by atoms with Crippen molar-refractivity contribution in [1.82, 2.24) is 9.29 Å². The van der Waals surface area contributed by atoms with E-state index in [4.69, 9.17) is 0 Å². The molecule has 1 aromatic carbocycles. The molecule has 1 saturated heterocycles. The van der Waals surface area contributed by atoms with Gasteiger partial charge in [-0.3, -0.25) is 9.52 Å². The largest absolute Gasteiger partial charge is 0.326 e. The lowest BCUT2D eigenvalue weighted by molar-refractivity contribution is -0.120. The predicted molar refractivity (Wildman–Crippen MR) is 126 cm³/mol. The fourth-order valence-electron chi connectivity index (χ4n) is 3.49. The fraction of sp³-hybridized carbons (Fsp3) is 0.238. The third kappa shape index (κ3) is 5.41. The Hall–Kier alpha value is -2.80. The van der Waals surface area contributed by atoms with E-state index in [-0.39, 0.29) is 27.4 Å². The number of thiophene rings is 1. The highest BCUT2D eigenvalue weighted by atomic mass is 32.2. The summed E-state index contributed by atoms with van der Waals surface area (Å²) in [6.07, 6.45) is 2.64. The molecule has 2 aromatic heterocycles. The Labute approximate surface area is 196 Å². The van der Waals surface area contributed by atoms with Crippen molar-refractivity contribution in [3.8, 4) is 0 Å². The summed E-state index contributed by atoms with van der Waals surface area (Å²) in [4.78, 5) is 16.7. The number of anilines is 2. The quantitative estimate of drug-likeness (QED) is 0.507. The van der Waals surface area contributed by atoms with Crippen LogP contribution in [0.4, 0.5) is 11.5 Å². The van der Waals surface area contributed by atoms with Crippen LogP contribution < -0.4 is 10.0 Å². The van der Waals surface area contributed by atoms with Gasteiger partial charge in [-0.2, -0.15) is 4.31 Å². The van der Waals surface area contributed by atoms with Gasteiger partial charge in [-0.05, 0) is 60.7 Å². The van der Waals surface area contributed by atoms with Gasteiger partial charge in [0.1, 0.15) is 10.0 Å². The molecule has 0 aliphatic carbocycles. The minimum absolute atomic E-state index is 0.0250. The van der Waals surface area contributed by atoms with Crippen molar-refractivity contribution < 1.29 is 21.6 Å². The van der Waals surface area contributed by atoms with Crippen LogP contribution in [0.25, 0.3) is 0 Å². The number of rotatable bonds is 7. The molecule has 0 bridgehead atoms. The van der Waals surface area contributed by atoms with E-state index in [2.05, 4.69) is 15.0 Å². The number of carbonyl (C=O) groups is 1. The van der Waals surface area contributed by atoms with Crippen LogP contribution in [0.3, 0.4) is 0 Å². The van der Waals surface area contributed by atoms with E-state index >= 15 is 0 Å². The molecule has 1 fully saturated rings. The molecule has 9 nitrogen and oxygen atoms in total. The molecule has 2 N–H and O–H groups in total. The van der Waals surface area contributed by atoms with Gasteiger partial charge in [0.2, 0.25) is 5.91 Å². The van der Waals surface area contributed by atoms with Crippen LogP contribution in [-0.4, -0.2) is 45.1 Å². The Morgan fingerprint density at radius 2 is 1.82 bits per heavy atom. The number of piperidine rings is 1. The number of pyridine rings is 1. The lowest BCUT2D eigenvalue weighted by atomic mass is 9.99. The summed E-state index contributed by atoms with van der Waals surface area (Å²) in [7, 11) is -7.43. The molecule has 0 unspecified atom stereocenters. The van der Waals surface area contributed by atoms with Crippen LogP contribution >= 0.6 is 11.3 Å². The van der Waals surface area contributed by atoms with Gasteiger partial charge in [-0.25, -0.2) is 21.8 Å². The Morgan fingerprint density at radius 3 is 2.48 bits per heavy atom. The highest BCUT2D eigenvalue weighted by molar-refractivity contribution is 7.92. The van der Waals surface area contributed by atoms with Gasteiger partial charge in [0.25, 0.3) is 20.0 Å². The third-order valence-electron chi connectivity index (χ3n) is 5.18. The molecule has 1 aliphatic rings. The molecule has 0 saturated carbocycles. The van der Waals surface area contributed by atoms with Crippen molar-refractivity contribution in [3.05, 3.63) is 66.2 Å². The van der Waals surface area contributed by atoms with Crippen LogP contribution in [0.15, 0.2) is 75.3 Å². The molecule has 174 valence electrons. The second kappa shape index (κ2) is 9.59. The van der Waals surface area contributed by atoms with Crippen molar-refractivity contribution in [2.24, 2.45) is 5.92 Å². The van der Waals surface area contributed by atoms with Crippen LogP contribution in [-0.2, 0) is 24.8 Å². The molecule has 3 aromatic rings. The van der Waals surface area contributed by atoms with Gasteiger partial charge >= 0.3 is 0 Å². The summed E-state index contributed by atoms with van der Waals surface area (Å²) in [5, 5.41) is 4.47. The molecule has 0 spiro atoms. The highest BCUT2D eigenvalue weighted by Gasteiger charge is 2.33. The number of nitrogens with zero attached hydrogens (tertiary/aromatic N) is 2. The third-order valence-corrected chi connectivity index (χ3v) is 9.79. The predicted octanol–water partition coefficient (Wildman–Crippen LogP) is 2.98. The standard InChI is InChI=1S/C21H22N4O5S3/c26-21(16-5-3-13-25(15-16)33(29,30)20-7-4-14-31-20)23-17-8-10-18(11-9-17)32(27,28)24-19-6-1-2-12-22-19/h1-2,4,6-12,14,16H,3,5,13,15H2,(H,22,24)(H,23,26)/t16-/m0/s1. The molecule has 1 amide bonds. The van der Waals surface area contributed by atoms with Gasteiger partial charge < -0.3 is 5.32 Å². The van der Waals surface area contributed by atoms with Crippen LogP contribution in [0.1, 0.15) is 12.8 Å². The lowest BCUT2D eigenvalue weighted by Crippen LogP contribution is -2.43. The first-order valence-corrected chi connectivity index (χ1v) is 13.9. The highest BCUT2D eigenvalue weighted by Crippen LogP contribution is 2.27. The van der Waals surface area contributed by atoms with E-state index in [0.29, 0.717) is 25.1 Å². The molecule has 3 heterocycles. The van der Waals surface area contributed by atoms with Crippen LogP contribution in [0.2, 0.25) is 0 Å². The SMILES string of the molecule is O=C(Nc1ccc(S(=O)(=O)Nc2ccccn2)cc1)[C@H]1CCCN(S(=O)(=O)c2cccs2)C1. The second-order valence-corrected chi connectivity index (χ2v) is 12.3. The number of hydrogen-bond acceptors (Lipinski definition) is 7. The number of sulfonamides is 2. The van der Waals surface area contributed by atoms with E-state index in [9.17, 15) is 21.6 Å². The molecular formula is C21H22N4O5S3. The minimum Gasteiger partial charge on any atom is -0.326 e. The van der Waals surface area contributed by atoms with Gasteiger partial charge in [-0.1, -0.05) is 12.1 Å². The van der Waals surface area contributed by atoms with Crippen LogP contribution in [0.5, 0.6) is 0 Å². The maximum Gasteiger partial charge on any atom is 0.263 e. The van der Waals surface area contributed by atoms with E-state index < -0.39 is 26.0 Å². The Bertz CT molecular complexity index is 1310. The first kappa shape index (κ1) is 23.4. The summed E-state index contributed by atoms with van der Waals surface area (Å²) in [5.74, 6) is -0.597. The molecule has 1 aliphatic heterocycles. The molecule has 33 heavy (non-hydrogen) atoms. The number of hydrogen-bond donors (Lipinski definition) is 2.